The molecule has 7 heteroatoms. The van der Waals surface area contributed by atoms with Crippen LogP contribution in [0.5, 0.6) is 0 Å². The highest BCUT2D eigenvalue weighted by Gasteiger charge is 2.28. The van der Waals surface area contributed by atoms with Gasteiger partial charge in [-0.3, -0.25) is 15.5 Å². The van der Waals surface area contributed by atoms with Crippen molar-refractivity contribution < 1.29 is 9.53 Å². The summed E-state index contributed by atoms with van der Waals surface area (Å²) in [7, 11) is 1.72. The molecule has 144 valence electrons. The zero-order valence-corrected chi connectivity index (χ0v) is 16.3. The Morgan fingerprint density at radius 3 is 2.44 bits per heavy atom. The van der Waals surface area contributed by atoms with E-state index in [1.54, 1.807) is 13.3 Å². The van der Waals surface area contributed by atoms with Crippen LogP contribution in [-0.4, -0.2) is 48.9 Å². The summed E-state index contributed by atoms with van der Waals surface area (Å²) in [5.41, 5.74) is 4.56. The maximum atomic E-state index is 12.5. The molecule has 0 bridgehead atoms. The molecule has 3 N–H and O–H groups in total. The topological polar surface area (TPSA) is 89.8 Å². The minimum atomic E-state index is -0.311. The van der Waals surface area contributed by atoms with Crippen LogP contribution in [-0.2, 0) is 9.53 Å². The van der Waals surface area contributed by atoms with Gasteiger partial charge in [-0.05, 0) is 44.7 Å². The Kier molecular flexibility index (Phi) is 5.60. The van der Waals surface area contributed by atoms with Crippen LogP contribution in [0.4, 0.5) is 5.69 Å². The molecule has 0 unspecified atom stereocenters. The molecule has 27 heavy (non-hydrogen) atoms. The Hall–Kier alpha value is -2.67. The summed E-state index contributed by atoms with van der Waals surface area (Å²) in [5.74, 6) is 0.116. The Morgan fingerprint density at radius 1 is 1.26 bits per heavy atom. The van der Waals surface area contributed by atoms with Crippen LogP contribution < -0.4 is 10.6 Å². The van der Waals surface area contributed by atoms with Gasteiger partial charge in [0.05, 0.1) is 11.7 Å². The molecule has 1 aromatic carbocycles. The number of methoxy groups -OCH3 is 1. The summed E-state index contributed by atoms with van der Waals surface area (Å²) in [6.45, 7) is 7.60. The number of amides is 1. The van der Waals surface area contributed by atoms with E-state index in [-0.39, 0.29) is 23.4 Å². The molecule has 3 rings (SSSR count). The highest BCUT2D eigenvalue weighted by molar-refractivity contribution is 6.28. The van der Waals surface area contributed by atoms with Crippen LogP contribution in [0.25, 0.3) is 0 Å². The van der Waals surface area contributed by atoms with Crippen LogP contribution in [0.15, 0.2) is 28.9 Å². The number of carbonyl (C=O) groups is 1. The first kappa shape index (κ1) is 19.1. The minimum absolute atomic E-state index is 0.0301. The van der Waals surface area contributed by atoms with Crippen LogP contribution >= 0.6 is 0 Å². The first-order chi connectivity index (χ1) is 12.9. The number of carbonyl (C=O) groups excluding carboxylic acids is 1. The number of anilines is 1. The molecule has 0 aromatic heterocycles. The fourth-order valence-corrected chi connectivity index (χ4v) is 3.61. The van der Waals surface area contributed by atoms with Gasteiger partial charge in [0.1, 0.15) is 0 Å². The largest absolute Gasteiger partial charge is 0.381 e. The Morgan fingerprint density at radius 2 is 1.89 bits per heavy atom. The lowest BCUT2D eigenvalue weighted by Crippen LogP contribution is -2.51. The van der Waals surface area contributed by atoms with E-state index in [0.29, 0.717) is 5.96 Å². The second kappa shape index (κ2) is 7.92. The van der Waals surface area contributed by atoms with Crippen molar-refractivity contribution in [2.75, 3.05) is 25.5 Å². The summed E-state index contributed by atoms with van der Waals surface area (Å²) >= 11 is 0. The summed E-state index contributed by atoms with van der Waals surface area (Å²) < 4.78 is 5.37. The van der Waals surface area contributed by atoms with Gasteiger partial charge in [0.15, 0.2) is 5.84 Å². The zero-order valence-electron chi connectivity index (χ0n) is 16.3. The fourth-order valence-electron chi connectivity index (χ4n) is 3.61. The lowest BCUT2D eigenvalue weighted by molar-refractivity contribution is -0.116. The summed E-state index contributed by atoms with van der Waals surface area (Å²) in [6.07, 6.45) is 3.59. The van der Waals surface area contributed by atoms with E-state index < -0.39 is 0 Å². The monoisotopic (exact) mass is 369 g/mol. The number of nitrogens with one attached hydrogen (secondary N) is 3. The molecule has 0 aliphatic carbocycles. The molecule has 0 saturated carbocycles. The standard InChI is InChI=1S/C20H27N5O2/c1-12-9-13(2)17(14(3)10-12)22-11-16-18(21)23-20(24-19(16)26)25-7-5-15(27-4)6-8-25/h9-11,15,22H,5-8H2,1-4H3,(H2,21,23,24,26)/b16-11+. The van der Waals surface area contributed by atoms with Crippen molar-refractivity contribution in [1.82, 2.24) is 10.2 Å². The Balaban J connectivity index is 1.74. The molecule has 0 atom stereocenters. The van der Waals surface area contributed by atoms with Crippen LogP contribution in [0.3, 0.4) is 0 Å². The number of amidine groups is 1. The SMILES string of the molecule is COC1CCN(C2=NC(=N)/C(=C\Nc3c(C)cc(C)cc3C)C(=O)N2)CC1. The minimum Gasteiger partial charge on any atom is -0.381 e. The van der Waals surface area contributed by atoms with Crippen LogP contribution in [0, 0.1) is 26.2 Å². The average Bonchev–Trinajstić information content (AvgIpc) is 2.62. The predicted molar refractivity (Wildman–Crippen MR) is 107 cm³/mol. The van der Waals surface area contributed by atoms with E-state index in [2.05, 4.69) is 34.7 Å². The number of aryl methyl sites for hydroxylation is 3. The smallest absolute Gasteiger partial charge is 0.263 e. The molecule has 2 aliphatic heterocycles. The second-order valence-electron chi connectivity index (χ2n) is 7.14. The highest BCUT2D eigenvalue weighted by Crippen LogP contribution is 2.22. The number of piperidine rings is 1. The summed E-state index contributed by atoms with van der Waals surface area (Å²) in [4.78, 5) is 18.8. The van der Waals surface area contributed by atoms with Gasteiger partial charge in [-0.15, -0.1) is 0 Å². The second-order valence-corrected chi connectivity index (χ2v) is 7.14. The van der Waals surface area contributed by atoms with Crippen molar-refractivity contribution in [3.8, 4) is 0 Å². The van der Waals surface area contributed by atoms with Gasteiger partial charge in [-0.2, -0.15) is 4.99 Å². The first-order valence-corrected chi connectivity index (χ1v) is 9.20. The van der Waals surface area contributed by atoms with E-state index in [0.717, 1.165) is 42.7 Å². The van der Waals surface area contributed by atoms with Crippen molar-refractivity contribution in [3.63, 3.8) is 0 Å². The highest BCUT2D eigenvalue weighted by atomic mass is 16.5. The van der Waals surface area contributed by atoms with E-state index in [4.69, 9.17) is 10.1 Å². The lowest BCUT2D eigenvalue weighted by atomic mass is 10.1. The number of rotatable bonds is 3. The number of benzene rings is 1. The fraction of sp³-hybridized carbons (Fsp3) is 0.450. The van der Waals surface area contributed by atoms with Gasteiger partial charge in [-0.1, -0.05) is 17.7 Å². The van der Waals surface area contributed by atoms with Crippen molar-refractivity contribution >= 4 is 23.4 Å². The normalized spacial score (nSPS) is 19.9. The predicted octanol–water partition coefficient (Wildman–Crippen LogP) is 2.48. The van der Waals surface area contributed by atoms with Crippen LogP contribution in [0.2, 0.25) is 0 Å². The molecular weight excluding hydrogens is 342 g/mol. The van der Waals surface area contributed by atoms with E-state index in [9.17, 15) is 4.79 Å². The van der Waals surface area contributed by atoms with Gasteiger partial charge < -0.3 is 15.0 Å². The number of hydrogen-bond donors (Lipinski definition) is 3. The zero-order chi connectivity index (χ0) is 19.6. The van der Waals surface area contributed by atoms with Gasteiger partial charge in [0.2, 0.25) is 5.96 Å². The molecule has 1 fully saturated rings. The average molecular weight is 369 g/mol. The molecule has 1 aromatic rings. The number of hydrogen-bond acceptors (Lipinski definition) is 5. The summed E-state index contributed by atoms with van der Waals surface area (Å²) in [5, 5.41) is 14.2. The quantitative estimate of drug-likeness (QED) is 0.714. The number of nitrogens with zero attached hydrogens (tertiary/aromatic N) is 2. The third-order valence-corrected chi connectivity index (χ3v) is 5.06. The molecule has 0 spiro atoms. The Labute approximate surface area is 160 Å². The van der Waals surface area contributed by atoms with E-state index in [1.807, 2.05) is 18.7 Å². The van der Waals surface area contributed by atoms with Gasteiger partial charge in [-0.25, -0.2) is 0 Å². The Bertz CT molecular complexity index is 797. The van der Waals surface area contributed by atoms with E-state index in [1.165, 1.54) is 5.56 Å². The number of aliphatic imine (C=N–C) groups is 1. The molecule has 2 heterocycles. The molecule has 1 saturated heterocycles. The maximum Gasteiger partial charge on any atom is 0.263 e. The number of ether oxygens (including phenoxy) is 1. The van der Waals surface area contributed by atoms with E-state index >= 15 is 0 Å². The van der Waals surface area contributed by atoms with Crippen molar-refractivity contribution in [3.05, 3.63) is 40.6 Å². The third kappa shape index (κ3) is 4.19. The van der Waals surface area contributed by atoms with Crippen molar-refractivity contribution in [2.45, 2.75) is 39.7 Å². The van der Waals surface area contributed by atoms with Crippen molar-refractivity contribution in [1.29, 1.82) is 5.41 Å². The molecule has 0 radical (unpaired) electrons. The number of guanidine groups is 1. The van der Waals surface area contributed by atoms with Crippen molar-refractivity contribution in [2.24, 2.45) is 4.99 Å². The first-order valence-electron chi connectivity index (χ1n) is 9.20. The lowest BCUT2D eigenvalue weighted by Gasteiger charge is -2.34. The van der Waals surface area contributed by atoms with Crippen LogP contribution in [0.1, 0.15) is 29.5 Å². The summed E-state index contributed by atoms with van der Waals surface area (Å²) in [6, 6.07) is 4.17. The molecule has 7 nitrogen and oxygen atoms in total. The molecular formula is C20H27N5O2. The molecule has 1 amide bonds. The van der Waals surface area contributed by atoms with Gasteiger partial charge in [0.25, 0.3) is 5.91 Å². The molecule has 2 aliphatic rings. The number of likely N-dealkylation sites (tertiary alicyclic amines) is 1. The maximum absolute atomic E-state index is 12.5. The van der Waals surface area contributed by atoms with Gasteiger partial charge >= 0.3 is 0 Å². The third-order valence-electron chi connectivity index (χ3n) is 5.06. The van der Waals surface area contributed by atoms with Gasteiger partial charge in [0, 0.05) is 32.1 Å².